The Morgan fingerprint density at radius 3 is 2.53 bits per heavy atom. The lowest BCUT2D eigenvalue weighted by atomic mass is 9.95. The first-order valence-corrected chi connectivity index (χ1v) is 6.92. The van der Waals surface area contributed by atoms with Crippen LogP contribution in [-0.4, -0.2) is 49.2 Å². The van der Waals surface area contributed by atoms with E-state index in [1.165, 1.54) is 0 Å². The minimum absolute atomic E-state index is 0.196. The second kappa shape index (κ2) is 6.88. The first-order chi connectivity index (χ1) is 8.85. The highest BCUT2D eigenvalue weighted by Gasteiger charge is 2.26. The van der Waals surface area contributed by atoms with Crippen LogP contribution in [0, 0.1) is 16.7 Å². The molecular formula is C14H25N3O2. The second-order valence-electron chi connectivity index (χ2n) is 5.86. The van der Waals surface area contributed by atoms with Gasteiger partial charge in [0.15, 0.2) is 0 Å². The van der Waals surface area contributed by atoms with Crippen LogP contribution in [0.1, 0.15) is 34.1 Å². The van der Waals surface area contributed by atoms with Crippen molar-refractivity contribution in [3.63, 3.8) is 0 Å². The summed E-state index contributed by atoms with van der Waals surface area (Å²) in [6.07, 6.45) is 1.44. The summed E-state index contributed by atoms with van der Waals surface area (Å²) in [5.74, 6) is -0.196. The summed E-state index contributed by atoms with van der Waals surface area (Å²) in [6.45, 7) is 10.9. The monoisotopic (exact) mass is 267 g/mol. The van der Waals surface area contributed by atoms with Gasteiger partial charge >= 0.3 is 0 Å². The zero-order valence-electron chi connectivity index (χ0n) is 12.4. The van der Waals surface area contributed by atoms with E-state index in [1.807, 2.05) is 6.07 Å². The molecule has 2 atom stereocenters. The minimum Gasteiger partial charge on any atom is -0.373 e. The number of rotatable bonds is 5. The summed E-state index contributed by atoms with van der Waals surface area (Å²) in [7, 11) is 0. The summed E-state index contributed by atoms with van der Waals surface area (Å²) < 4.78 is 5.67. The molecule has 1 heterocycles. The Labute approximate surface area is 115 Å². The van der Waals surface area contributed by atoms with Crippen LogP contribution in [0.25, 0.3) is 0 Å². The molecule has 1 saturated heterocycles. The summed E-state index contributed by atoms with van der Waals surface area (Å²) in [5.41, 5.74) is -0.942. The first kappa shape index (κ1) is 15.9. The van der Waals surface area contributed by atoms with E-state index < -0.39 is 5.41 Å². The average Bonchev–Trinajstić information content (AvgIpc) is 2.33. The fourth-order valence-electron chi connectivity index (χ4n) is 2.24. The third kappa shape index (κ3) is 5.17. The van der Waals surface area contributed by atoms with Gasteiger partial charge in [-0.2, -0.15) is 5.26 Å². The summed E-state index contributed by atoms with van der Waals surface area (Å²) >= 11 is 0. The molecule has 2 unspecified atom stereocenters. The highest BCUT2D eigenvalue weighted by atomic mass is 16.5. The molecule has 0 aliphatic carbocycles. The number of nitriles is 1. The maximum atomic E-state index is 11.7. The van der Waals surface area contributed by atoms with Gasteiger partial charge in [-0.05, 0) is 34.1 Å². The van der Waals surface area contributed by atoms with Gasteiger partial charge in [-0.25, -0.2) is 0 Å². The fourth-order valence-corrected chi connectivity index (χ4v) is 2.24. The van der Waals surface area contributed by atoms with Crippen molar-refractivity contribution in [1.82, 2.24) is 10.2 Å². The number of nitrogens with one attached hydrogen (secondary N) is 1. The van der Waals surface area contributed by atoms with Crippen LogP contribution in [0.3, 0.4) is 0 Å². The van der Waals surface area contributed by atoms with Crippen LogP contribution in [0.4, 0.5) is 0 Å². The van der Waals surface area contributed by atoms with Gasteiger partial charge in [0.2, 0.25) is 5.91 Å². The maximum absolute atomic E-state index is 11.7. The van der Waals surface area contributed by atoms with Crippen molar-refractivity contribution in [2.24, 2.45) is 5.41 Å². The molecule has 0 spiro atoms. The lowest BCUT2D eigenvalue weighted by molar-refractivity contribution is -0.126. The van der Waals surface area contributed by atoms with Crippen molar-refractivity contribution in [2.75, 3.05) is 26.2 Å². The Hall–Kier alpha value is -1.12. The zero-order valence-corrected chi connectivity index (χ0v) is 12.4. The Balaban J connectivity index is 2.21. The minimum atomic E-state index is -0.942. The Morgan fingerprint density at radius 2 is 2.00 bits per heavy atom. The Kier molecular flexibility index (Phi) is 5.77. The van der Waals surface area contributed by atoms with Gasteiger partial charge in [0, 0.05) is 26.2 Å². The molecule has 1 fully saturated rings. The molecule has 0 radical (unpaired) electrons. The van der Waals surface area contributed by atoms with Gasteiger partial charge in [0.05, 0.1) is 18.3 Å². The summed E-state index contributed by atoms with van der Waals surface area (Å²) in [4.78, 5) is 14.0. The van der Waals surface area contributed by atoms with Crippen LogP contribution in [0.5, 0.6) is 0 Å². The largest absolute Gasteiger partial charge is 0.373 e. The molecule has 1 amide bonds. The van der Waals surface area contributed by atoms with E-state index in [-0.39, 0.29) is 18.1 Å². The number of carbonyl (C=O) groups excluding carboxylic acids is 1. The lowest BCUT2D eigenvalue weighted by Gasteiger charge is -2.35. The van der Waals surface area contributed by atoms with Crippen molar-refractivity contribution in [3.8, 4) is 6.07 Å². The number of carbonyl (C=O) groups is 1. The van der Waals surface area contributed by atoms with Crippen molar-refractivity contribution in [2.45, 2.75) is 46.3 Å². The molecule has 108 valence electrons. The van der Waals surface area contributed by atoms with E-state index in [9.17, 15) is 4.79 Å². The first-order valence-electron chi connectivity index (χ1n) is 6.92. The molecular weight excluding hydrogens is 242 g/mol. The molecule has 0 aromatic rings. The summed E-state index contributed by atoms with van der Waals surface area (Å²) in [6, 6.07) is 2.00. The van der Waals surface area contributed by atoms with Crippen LogP contribution in [-0.2, 0) is 9.53 Å². The van der Waals surface area contributed by atoms with E-state index >= 15 is 0 Å². The van der Waals surface area contributed by atoms with Crippen molar-refractivity contribution >= 4 is 5.91 Å². The maximum Gasteiger partial charge on any atom is 0.239 e. The van der Waals surface area contributed by atoms with Crippen molar-refractivity contribution in [3.05, 3.63) is 0 Å². The molecule has 1 rings (SSSR count). The molecule has 0 aromatic heterocycles. The van der Waals surface area contributed by atoms with Crippen LogP contribution in [0.2, 0.25) is 0 Å². The predicted molar refractivity (Wildman–Crippen MR) is 73.5 cm³/mol. The van der Waals surface area contributed by atoms with Crippen LogP contribution in [0.15, 0.2) is 0 Å². The second-order valence-corrected chi connectivity index (χ2v) is 5.86. The fraction of sp³-hybridized carbons (Fsp3) is 0.857. The Bertz CT molecular complexity index is 339. The van der Waals surface area contributed by atoms with E-state index in [0.29, 0.717) is 6.54 Å². The Morgan fingerprint density at radius 1 is 1.42 bits per heavy atom. The highest BCUT2D eigenvalue weighted by molar-refractivity contribution is 5.84. The smallest absolute Gasteiger partial charge is 0.239 e. The molecule has 5 heteroatoms. The number of morpholine rings is 1. The molecule has 0 bridgehead atoms. The number of nitrogens with zero attached hydrogens (tertiary/aromatic N) is 2. The van der Waals surface area contributed by atoms with E-state index in [2.05, 4.69) is 24.1 Å². The third-order valence-electron chi connectivity index (χ3n) is 3.28. The van der Waals surface area contributed by atoms with Gasteiger partial charge in [-0.15, -0.1) is 0 Å². The van der Waals surface area contributed by atoms with Gasteiger partial charge in [0.25, 0.3) is 0 Å². The highest BCUT2D eigenvalue weighted by Crippen LogP contribution is 2.13. The topological polar surface area (TPSA) is 65.4 Å². The number of hydrogen-bond donors (Lipinski definition) is 1. The quantitative estimate of drug-likeness (QED) is 0.759. The van der Waals surface area contributed by atoms with Crippen molar-refractivity contribution < 1.29 is 9.53 Å². The standard InChI is InChI=1S/C14H25N3O2/c1-11-8-17(9-12(2)19-11)7-5-6-16-13(18)14(3,4)10-15/h11-12H,5-9H2,1-4H3,(H,16,18). The van der Waals surface area contributed by atoms with Crippen LogP contribution < -0.4 is 5.32 Å². The van der Waals surface area contributed by atoms with Crippen LogP contribution >= 0.6 is 0 Å². The third-order valence-corrected chi connectivity index (χ3v) is 3.28. The SMILES string of the molecule is CC1CN(CCCNC(=O)C(C)(C)C#N)CC(C)O1. The number of ether oxygens (including phenoxy) is 1. The normalized spacial score (nSPS) is 24.8. The predicted octanol–water partition coefficient (Wildman–Crippen LogP) is 1.15. The molecule has 0 aromatic carbocycles. The van der Waals surface area contributed by atoms with E-state index in [0.717, 1.165) is 26.1 Å². The van der Waals surface area contributed by atoms with E-state index in [4.69, 9.17) is 10.00 Å². The molecule has 19 heavy (non-hydrogen) atoms. The zero-order chi connectivity index (χ0) is 14.5. The number of hydrogen-bond acceptors (Lipinski definition) is 4. The molecule has 1 N–H and O–H groups in total. The lowest BCUT2D eigenvalue weighted by Crippen LogP contribution is -2.46. The van der Waals surface area contributed by atoms with E-state index in [1.54, 1.807) is 13.8 Å². The molecule has 1 aliphatic rings. The molecule has 5 nitrogen and oxygen atoms in total. The summed E-state index contributed by atoms with van der Waals surface area (Å²) in [5, 5.41) is 11.7. The molecule has 1 aliphatic heterocycles. The molecule has 0 saturated carbocycles. The van der Waals surface area contributed by atoms with Crippen molar-refractivity contribution in [1.29, 1.82) is 5.26 Å². The number of amides is 1. The van der Waals surface area contributed by atoms with Gasteiger partial charge in [-0.1, -0.05) is 0 Å². The van der Waals surface area contributed by atoms with Gasteiger partial charge in [0.1, 0.15) is 5.41 Å². The van der Waals surface area contributed by atoms with Gasteiger partial charge in [-0.3, -0.25) is 9.69 Å². The average molecular weight is 267 g/mol. The van der Waals surface area contributed by atoms with Gasteiger partial charge < -0.3 is 10.1 Å².